The van der Waals surface area contributed by atoms with E-state index in [4.69, 9.17) is 15.7 Å². The van der Waals surface area contributed by atoms with Crippen molar-refractivity contribution in [3.8, 4) is 5.69 Å². The molecule has 0 spiro atoms. The predicted molar refractivity (Wildman–Crippen MR) is 133 cm³/mol. The van der Waals surface area contributed by atoms with Gasteiger partial charge in [-0.2, -0.15) is 0 Å². The first-order chi connectivity index (χ1) is 15.9. The van der Waals surface area contributed by atoms with Gasteiger partial charge in [-0.15, -0.1) is 0 Å². The first-order valence-corrected chi connectivity index (χ1v) is 10.9. The number of carbonyl (C=O) groups excluding carboxylic acids is 1. The lowest BCUT2D eigenvalue weighted by Gasteiger charge is -2.14. The third kappa shape index (κ3) is 3.59. The smallest absolute Gasteiger partial charge is 0.257 e. The van der Waals surface area contributed by atoms with Crippen LogP contribution < -0.4 is 11.1 Å². The zero-order chi connectivity index (χ0) is 23.1. The summed E-state index contributed by atoms with van der Waals surface area (Å²) < 4.78 is 1.82. The zero-order valence-corrected chi connectivity index (χ0v) is 18.8. The maximum Gasteiger partial charge on any atom is 0.257 e. The topological polar surface area (TPSA) is 85.8 Å². The van der Waals surface area contributed by atoms with Crippen LogP contribution in [0, 0.1) is 13.8 Å². The van der Waals surface area contributed by atoms with Gasteiger partial charge in [-0.05, 0) is 61.7 Å². The Kier molecular flexibility index (Phi) is 5.05. The first kappa shape index (κ1) is 20.7. The van der Waals surface area contributed by atoms with Gasteiger partial charge in [0.05, 0.1) is 17.1 Å². The van der Waals surface area contributed by atoms with Crippen molar-refractivity contribution in [1.82, 2.24) is 19.9 Å². The zero-order valence-electron chi connectivity index (χ0n) is 18.8. The number of nitrogens with one attached hydrogen (secondary N) is 1. The summed E-state index contributed by atoms with van der Waals surface area (Å²) in [6, 6.07) is 23.4. The summed E-state index contributed by atoms with van der Waals surface area (Å²) in [6.45, 7) is 6.07. The number of carbonyl (C=O) groups is 1. The molecule has 0 radical (unpaired) electrons. The Labute approximate surface area is 192 Å². The highest BCUT2D eigenvalue weighted by Crippen LogP contribution is 2.32. The molecule has 0 aliphatic heterocycles. The Bertz CT molecular complexity index is 1500. The molecule has 0 fully saturated rings. The molecule has 5 aromatic rings. The fourth-order valence-electron chi connectivity index (χ4n) is 4.11. The number of para-hydroxylation sites is 2. The van der Waals surface area contributed by atoms with Gasteiger partial charge in [0.15, 0.2) is 5.65 Å². The summed E-state index contributed by atoms with van der Waals surface area (Å²) in [4.78, 5) is 23.1. The molecular formula is C27H25N5O. The third-order valence-corrected chi connectivity index (χ3v) is 6.12. The van der Waals surface area contributed by atoms with Crippen molar-refractivity contribution in [2.24, 2.45) is 0 Å². The van der Waals surface area contributed by atoms with E-state index < -0.39 is 0 Å². The molecule has 2 heterocycles. The Morgan fingerprint density at radius 1 is 0.909 bits per heavy atom. The normalized spacial score (nSPS) is 12.2. The van der Waals surface area contributed by atoms with Gasteiger partial charge >= 0.3 is 0 Å². The lowest BCUT2D eigenvalue weighted by atomic mass is 10.1. The summed E-state index contributed by atoms with van der Waals surface area (Å²) >= 11 is 0. The van der Waals surface area contributed by atoms with Crippen molar-refractivity contribution >= 4 is 33.9 Å². The molecule has 0 saturated heterocycles. The number of aryl methyl sites for hydroxylation is 2. The molecule has 0 saturated carbocycles. The molecule has 3 N–H and O–H groups in total. The van der Waals surface area contributed by atoms with E-state index in [2.05, 4.69) is 25.2 Å². The van der Waals surface area contributed by atoms with Gasteiger partial charge < -0.3 is 11.1 Å². The highest BCUT2D eigenvalue weighted by molar-refractivity contribution is 6.11. The lowest BCUT2D eigenvalue weighted by Crippen LogP contribution is -2.27. The molecule has 164 valence electrons. The number of benzene rings is 3. The highest BCUT2D eigenvalue weighted by Gasteiger charge is 2.26. The maximum atomic E-state index is 13.5. The Morgan fingerprint density at radius 2 is 1.58 bits per heavy atom. The standard InChI is InChI=1S/C27H25N5O/c1-16-13-14-20(15-17(16)2)32-25(28)23(27(33)29-18(3)19-9-5-4-6-10-19)24-26(32)31-22-12-8-7-11-21(22)30-24/h4-15,18H,28H2,1-3H3,(H,29,33)/t18-/m1/s1. The van der Waals surface area contributed by atoms with E-state index in [-0.39, 0.29) is 11.9 Å². The summed E-state index contributed by atoms with van der Waals surface area (Å²) in [7, 11) is 0. The molecule has 6 heteroatoms. The van der Waals surface area contributed by atoms with E-state index in [0.29, 0.717) is 28.1 Å². The van der Waals surface area contributed by atoms with E-state index in [0.717, 1.165) is 22.3 Å². The first-order valence-electron chi connectivity index (χ1n) is 10.9. The van der Waals surface area contributed by atoms with Crippen LogP contribution in [0.2, 0.25) is 0 Å². The second kappa shape index (κ2) is 8.06. The van der Waals surface area contributed by atoms with Crippen LogP contribution in [-0.4, -0.2) is 20.4 Å². The van der Waals surface area contributed by atoms with Crippen LogP contribution in [0.15, 0.2) is 72.8 Å². The largest absolute Gasteiger partial charge is 0.384 e. The third-order valence-electron chi connectivity index (χ3n) is 6.12. The minimum atomic E-state index is -0.277. The minimum Gasteiger partial charge on any atom is -0.384 e. The van der Waals surface area contributed by atoms with Gasteiger partial charge in [0.1, 0.15) is 16.9 Å². The molecule has 2 aromatic heterocycles. The average molecular weight is 436 g/mol. The molecule has 0 unspecified atom stereocenters. The van der Waals surface area contributed by atoms with Gasteiger partial charge in [0, 0.05) is 5.69 Å². The molecule has 1 amide bonds. The molecule has 6 nitrogen and oxygen atoms in total. The SMILES string of the molecule is Cc1ccc(-n2c(N)c(C(=O)N[C@H](C)c3ccccc3)c3nc4ccccc4nc32)cc1C. The quantitative estimate of drug-likeness (QED) is 0.403. The Morgan fingerprint density at radius 3 is 2.27 bits per heavy atom. The average Bonchev–Trinajstić information content (AvgIpc) is 3.10. The summed E-state index contributed by atoms with van der Waals surface area (Å²) in [5, 5.41) is 3.08. The van der Waals surface area contributed by atoms with Gasteiger partial charge in [0.2, 0.25) is 0 Å². The van der Waals surface area contributed by atoms with Crippen molar-refractivity contribution in [3.05, 3.63) is 95.1 Å². The van der Waals surface area contributed by atoms with E-state index >= 15 is 0 Å². The van der Waals surface area contributed by atoms with Gasteiger partial charge in [0.25, 0.3) is 5.91 Å². The van der Waals surface area contributed by atoms with Gasteiger partial charge in [-0.25, -0.2) is 9.97 Å². The second-order valence-electron chi connectivity index (χ2n) is 8.35. The van der Waals surface area contributed by atoms with Crippen LogP contribution >= 0.6 is 0 Å². The van der Waals surface area contributed by atoms with Crippen molar-refractivity contribution in [1.29, 1.82) is 0 Å². The van der Waals surface area contributed by atoms with Crippen LogP contribution in [0.4, 0.5) is 5.82 Å². The number of nitrogens with zero attached hydrogens (tertiary/aromatic N) is 3. The van der Waals surface area contributed by atoms with E-state index in [1.54, 1.807) is 0 Å². The Balaban J connectivity index is 1.70. The van der Waals surface area contributed by atoms with Crippen molar-refractivity contribution in [2.45, 2.75) is 26.8 Å². The number of aromatic nitrogens is 3. The van der Waals surface area contributed by atoms with Crippen molar-refractivity contribution in [3.63, 3.8) is 0 Å². The van der Waals surface area contributed by atoms with Crippen LogP contribution in [0.3, 0.4) is 0 Å². The molecule has 0 aliphatic carbocycles. The molecule has 5 rings (SSSR count). The number of nitrogen functional groups attached to an aromatic ring is 1. The summed E-state index contributed by atoms with van der Waals surface area (Å²) in [5.41, 5.74) is 13.7. The van der Waals surface area contributed by atoms with Crippen LogP contribution in [0.1, 0.15) is 40.0 Å². The molecule has 3 aromatic carbocycles. The summed E-state index contributed by atoms with van der Waals surface area (Å²) in [6.07, 6.45) is 0. The van der Waals surface area contributed by atoms with Gasteiger partial charge in [-0.1, -0.05) is 48.5 Å². The fraction of sp³-hybridized carbons (Fsp3) is 0.148. The van der Waals surface area contributed by atoms with Crippen LogP contribution in [0.25, 0.3) is 27.9 Å². The highest BCUT2D eigenvalue weighted by atomic mass is 16.1. The van der Waals surface area contributed by atoms with E-state index in [1.165, 1.54) is 5.56 Å². The number of anilines is 1. The number of hydrogen-bond acceptors (Lipinski definition) is 4. The number of fused-ring (bicyclic) bond motifs is 2. The number of rotatable bonds is 4. The number of nitrogens with two attached hydrogens (primary N) is 1. The Hall–Kier alpha value is -4.19. The number of hydrogen-bond donors (Lipinski definition) is 2. The van der Waals surface area contributed by atoms with Crippen LogP contribution in [0.5, 0.6) is 0 Å². The molecule has 33 heavy (non-hydrogen) atoms. The number of amides is 1. The molecule has 1 atom stereocenters. The molecular weight excluding hydrogens is 410 g/mol. The molecule has 0 aliphatic rings. The van der Waals surface area contributed by atoms with E-state index in [9.17, 15) is 4.79 Å². The van der Waals surface area contributed by atoms with Crippen molar-refractivity contribution in [2.75, 3.05) is 5.73 Å². The fourth-order valence-corrected chi connectivity index (χ4v) is 4.11. The van der Waals surface area contributed by atoms with Crippen molar-refractivity contribution < 1.29 is 4.79 Å². The summed E-state index contributed by atoms with van der Waals surface area (Å²) in [5.74, 6) is 0.0438. The predicted octanol–water partition coefficient (Wildman–Crippen LogP) is 5.26. The lowest BCUT2D eigenvalue weighted by molar-refractivity contribution is 0.0942. The van der Waals surface area contributed by atoms with Gasteiger partial charge in [-0.3, -0.25) is 9.36 Å². The van der Waals surface area contributed by atoms with Crippen LogP contribution in [-0.2, 0) is 0 Å². The monoisotopic (exact) mass is 435 g/mol. The molecule has 0 bridgehead atoms. The maximum absolute atomic E-state index is 13.5. The van der Waals surface area contributed by atoms with E-state index in [1.807, 2.05) is 78.2 Å². The second-order valence-corrected chi connectivity index (χ2v) is 8.35. The minimum absolute atomic E-state index is 0.188.